The zero-order chi connectivity index (χ0) is 13.0. The van der Waals surface area contributed by atoms with Crippen LogP contribution in [0.25, 0.3) is 5.57 Å². The first kappa shape index (κ1) is 12.5. The van der Waals surface area contributed by atoms with Gasteiger partial charge < -0.3 is 0 Å². The van der Waals surface area contributed by atoms with E-state index in [1.54, 1.807) is 0 Å². The Labute approximate surface area is 113 Å². The smallest absolute Gasteiger partial charge is 0.258 e. The molecule has 0 aliphatic carbocycles. The lowest BCUT2D eigenvalue weighted by Crippen LogP contribution is -1.98. The monoisotopic (exact) mass is 303 g/mol. The highest BCUT2D eigenvalue weighted by molar-refractivity contribution is 9.11. The molecule has 90 valence electrons. The van der Waals surface area contributed by atoms with Crippen molar-refractivity contribution >= 4 is 21.5 Å². The second-order valence-corrected chi connectivity index (χ2v) is 4.41. The first-order chi connectivity index (χ1) is 8.70. The van der Waals surface area contributed by atoms with Gasteiger partial charge >= 0.3 is 4.61 Å². The molecule has 0 radical (unpaired) electrons. The number of nitro groups is 1. The molecule has 2 aromatic carbocycles. The van der Waals surface area contributed by atoms with Crippen LogP contribution in [0.1, 0.15) is 11.1 Å². The number of nitrogens with zero attached hydrogens (tertiary/aromatic N) is 1. The Morgan fingerprint density at radius 3 is 1.61 bits per heavy atom. The molecule has 4 heteroatoms. The summed E-state index contributed by atoms with van der Waals surface area (Å²) in [5.74, 6) is 0. The van der Waals surface area contributed by atoms with E-state index in [0.29, 0.717) is 5.57 Å². The quantitative estimate of drug-likeness (QED) is 0.487. The van der Waals surface area contributed by atoms with Gasteiger partial charge in [-0.15, -0.1) is 0 Å². The van der Waals surface area contributed by atoms with E-state index in [2.05, 4.69) is 15.9 Å². The predicted molar refractivity (Wildman–Crippen MR) is 74.8 cm³/mol. The van der Waals surface area contributed by atoms with Crippen LogP contribution >= 0.6 is 15.9 Å². The lowest BCUT2D eigenvalue weighted by molar-refractivity contribution is -0.407. The molecule has 0 aliphatic rings. The van der Waals surface area contributed by atoms with Crippen LogP contribution in [0.2, 0.25) is 0 Å². The fourth-order valence-electron chi connectivity index (χ4n) is 1.71. The van der Waals surface area contributed by atoms with Crippen molar-refractivity contribution in [1.29, 1.82) is 0 Å². The van der Waals surface area contributed by atoms with Crippen molar-refractivity contribution in [2.45, 2.75) is 0 Å². The molecule has 0 fully saturated rings. The van der Waals surface area contributed by atoms with Crippen LogP contribution in [0.4, 0.5) is 0 Å². The SMILES string of the molecule is O=[N+]([O-])C(Br)=C(c1ccccc1)c1ccccc1. The van der Waals surface area contributed by atoms with Gasteiger partial charge in [-0.05, 0) is 11.1 Å². The van der Waals surface area contributed by atoms with Crippen molar-refractivity contribution in [1.82, 2.24) is 0 Å². The average molecular weight is 304 g/mol. The van der Waals surface area contributed by atoms with E-state index in [1.807, 2.05) is 60.7 Å². The Kier molecular flexibility index (Phi) is 3.89. The van der Waals surface area contributed by atoms with E-state index in [0.717, 1.165) is 11.1 Å². The first-order valence-corrected chi connectivity index (χ1v) is 6.14. The van der Waals surface area contributed by atoms with Crippen molar-refractivity contribution in [2.75, 3.05) is 0 Å². The summed E-state index contributed by atoms with van der Waals surface area (Å²) in [6, 6.07) is 18.6. The fourth-order valence-corrected chi connectivity index (χ4v) is 2.16. The highest BCUT2D eigenvalue weighted by Crippen LogP contribution is 2.29. The number of hydrogen-bond donors (Lipinski definition) is 0. The van der Waals surface area contributed by atoms with Gasteiger partial charge in [0.2, 0.25) is 0 Å². The molecule has 0 saturated heterocycles. The number of rotatable bonds is 3. The summed E-state index contributed by atoms with van der Waals surface area (Å²) in [4.78, 5) is 10.6. The van der Waals surface area contributed by atoms with Gasteiger partial charge in [-0.25, -0.2) is 0 Å². The maximum atomic E-state index is 11.0. The minimum atomic E-state index is -0.421. The highest BCUT2D eigenvalue weighted by atomic mass is 79.9. The molecule has 0 bridgehead atoms. The molecule has 0 N–H and O–H groups in total. The summed E-state index contributed by atoms with van der Waals surface area (Å²) in [7, 11) is 0. The Hall–Kier alpha value is -1.94. The van der Waals surface area contributed by atoms with Crippen molar-refractivity contribution in [3.05, 3.63) is 86.5 Å². The van der Waals surface area contributed by atoms with Crippen molar-refractivity contribution in [3.8, 4) is 0 Å². The van der Waals surface area contributed by atoms with Crippen molar-refractivity contribution in [3.63, 3.8) is 0 Å². The molecular formula is C14H10BrNO2. The molecule has 0 spiro atoms. The van der Waals surface area contributed by atoms with E-state index in [1.165, 1.54) is 0 Å². The predicted octanol–water partition coefficient (Wildman–Crippen LogP) is 4.08. The molecular weight excluding hydrogens is 294 g/mol. The van der Waals surface area contributed by atoms with Gasteiger partial charge in [0.25, 0.3) is 0 Å². The van der Waals surface area contributed by atoms with Crippen LogP contribution in [-0.4, -0.2) is 4.92 Å². The Bertz CT molecular complexity index is 538. The summed E-state index contributed by atoms with van der Waals surface area (Å²) in [6.45, 7) is 0. The summed E-state index contributed by atoms with van der Waals surface area (Å²) >= 11 is 3.06. The Balaban J connectivity index is 2.64. The van der Waals surface area contributed by atoms with Crippen molar-refractivity contribution in [2.24, 2.45) is 0 Å². The van der Waals surface area contributed by atoms with Crippen LogP contribution in [0, 0.1) is 10.1 Å². The zero-order valence-corrected chi connectivity index (χ0v) is 11.0. The minimum absolute atomic E-state index is 0.0279. The van der Waals surface area contributed by atoms with E-state index in [9.17, 15) is 10.1 Å². The van der Waals surface area contributed by atoms with Gasteiger partial charge in [0, 0.05) is 15.9 Å². The number of halogens is 1. The number of benzene rings is 2. The van der Waals surface area contributed by atoms with Gasteiger partial charge in [0.05, 0.1) is 10.5 Å². The average Bonchev–Trinajstić information content (AvgIpc) is 2.41. The zero-order valence-electron chi connectivity index (χ0n) is 9.42. The Morgan fingerprint density at radius 2 is 1.28 bits per heavy atom. The minimum Gasteiger partial charge on any atom is -0.258 e. The summed E-state index contributed by atoms with van der Waals surface area (Å²) in [5.41, 5.74) is 2.21. The van der Waals surface area contributed by atoms with E-state index in [-0.39, 0.29) is 4.61 Å². The van der Waals surface area contributed by atoms with Gasteiger partial charge in [-0.2, -0.15) is 0 Å². The third kappa shape index (κ3) is 2.65. The van der Waals surface area contributed by atoms with Gasteiger partial charge in [-0.1, -0.05) is 60.7 Å². The Morgan fingerprint density at radius 1 is 0.889 bits per heavy atom. The molecule has 3 nitrogen and oxygen atoms in total. The summed E-state index contributed by atoms with van der Waals surface area (Å²) in [5, 5.41) is 11.0. The molecule has 2 rings (SSSR count). The van der Waals surface area contributed by atoms with Gasteiger partial charge in [0.15, 0.2) is 0 Å². The normalized spacial score (nSPS) is 9.83. The summed E-state index contributed by atoms with van der Waals surface area (Å²) < 4.78 is -0.0279. The van der Waals surface area contributed by atoms with Crippen LogP contribution in [-0.2, 0) is 0 Å². The molecule has 0 atom stereocenters. The third-order valence-electron chi connectivity index (χ3n) is 2.49. The topological polar surface area (TPSA) is 43.1 Å². The maximum absolute atomic E-state index is 11.0. The van der Waals surface area contributed by atoms with Crippen LogP contribution in [0.3, 0.4) is 0 Å². The molecule has 0 amide bonds. The highest BCUT2D eigenvalue weighted by Gasteiger charge is 2.18. The fraction of sp³-hybridized carbons (Fsp3) is 0. The lowest BCUT2D eigenvalue weighted by Gasteiger charge is -2.06. The molecule has 0 unspecified atom stereocenters. The summed E-state index contributed by atoms with van der Waals surface area (Å²) in [6.07, 6.45) is 0. The first-order valence-electron chi connectivity index (χ1n) is 5.35. The molecule has 0 aromatic heterocycles. The van der Waals surface area contributed by atoms with E-state index >= 15 is 0 Å². The second-order valence-electron chi connectivity index (χ2n) is 3.65. The molecule has 0 saturated carbocycles. The third-order valence-corrected chi connectivity index (χ3v) is 3.18. The molecule has 2 aromatic rings. The largest absolute Gasteiger partial charge is 0.319 e. The lowest BCUT2D eigenvalue weighted by atomic mass is 9.99. The van der Waals surface area contributed by atoms with Gasteiger partial charge in [0.1, 0.15) is 0 Å². The second kappa shape index (κ2) is 5.60. The van der Waals surface area contributed by atoms with Crippen molar-refractivity contribution < 1.29 is 4.92 Å². The van der Waals surface area contributed by atoms with E-state index in [4.69, 9.17) is 0 Å². The number of hydrogen-bond acceptors (Lipinski definition) is 2. The maximum Gasteiger partial charge on any atom is 0.319 e. The standard InChI is InChI=1S/C14H10BrNO2/c15-14(16(17)18)13(11-7-3-1-4-8-11)12-9-5-2-6-10-12/h1-10H. The molecule has 0 aliphatic heterocycles. The van der Waals surface area contributed by atoms with Crippen LogP contribution < -0.4 is 0 Å². The molecule has 18 heavy (non-hydrogen) atoms. The van der Waals surface area contributed by atoms with Crippen LogP contribution in [0.15, 0.2) is 65.3 Å². The molecule has 0 heterocycles. The van der Waals surface area contributed by atoms with E-state index < -0.39 is 4.92 Å². The van der Waals surface area contributed by atoms with Crippen LogP contribution in [0.5, 0.6) is 0 Å². The van der Waals surface area contributed by atoms with Gasteiger partial charge in [-0.3, -0.25) is 10.1 Å².